The van der Waals surface area contributed by atoms with Crippen LogP contribution in [0, 0.1) is 0 Å². The minimum Gasteiger partial charge on any atom is -0.497 e. The van der Waals surface area contributed by atoms with E-state index in [0.717, 1.165) is 29.7 Å². The number of ketones is 1. The molecule has 0 amide bonds. The second-order valence-electron chi connectivity index (χ2n) is 3.30. The smallest absolute Gasteiger partial charge is 0.163 e. The molecule has 0 spiro atoms. The molecule has 0 atom stereocenters. The van der Waals surface area contributed by atoms with Crippen molar-refractivity contribution in [1.29, 1.82) is 0 Å². The Morgan fingerprint density at radius 3 is 2.50 bits per heavy atom. The maximum absolute atomic E-state index is 11.4. The summed E-state index contributed by atoms with van der Waals surface area (Å²) in [4.78, 5) is 11.4. The largest absolute Gasteiger partial charge is 0.497 e. The third-order valence-electron chi connectivity index (χ3n) is 2.46. The Morgan fingerprint density at radius 2 is 1.88 bits per heavy atom. The SMILES string of the molecule is C.CC.COc1ccc2c(c1)CCCC2=O. The second kappa shape index (κ2) is 7.04. The first-order valence-corrected chi connectivity index (χ1v) is 5.51. The normalized spacial score (nSPS) is 12.8. The van der Waals surface area contributed by atoms with Crippen LogP contribution in [-0.4, -0.2) is 12.9 Å². The van der Waals surface area contributed by atoms with Crippen molar-refractivity contribution < 1.29 is 9.53 Å². The molecule has 16 heavy (non-hydrogen) atoms. The number of hydrogen-bond acceptors (Lipinski definition) is 2. The monoisotopic (exact) mass is 222 g/mol. The van der Waals surface area contributed by atoms with Gasteiger partial charge in [0, 0.05) is 12.0 Å². The van der Waals surface area contributed by atoms with Gasteiger partial charge in [-0.3, -0.25) is 4.79 Å². The Bertz CT molecular complexity index is 343. The van der Waals surface area contributed by atoms with Gasteiger partial charge in [0.25, 0.3) is 0 Å². The average Bonchev–Trinajstić information content (AvgIpc) is 2.31. The third-order valence-corrected chi connectivity index (χ3v) is 2.46. The molecular formula is C14H22O2. The molecule has 0 bridgehead atoms. The van der Waals surface area contributed by atoms with E-state index in [0.29, 0.717) is 6.42 Å². The Hall–Kier alpha value is -1.31. The lowest BCUT2D eigenvalue weighted by atomic mass is 9.91. The van der Waals surface area contributed by atoms with Gasteiger partial charge in [0.2, 0.25) is 0 Å². The van der Waals surface area contributed by atoms with Gasteiger partial charge >= 0.3 is 0 Å². The molecule has 0 aliphatic heterocycles. The van der Waals surface area contributed by atoms with Crippen LogP contribution in [0.4, 0.5) is 0 Å². The van der Waals surface area contributed by atoms with Crippen LogP contribution in [0.1, 0.15) is 50.0 Å². The van der Waals surface area contributed by atoms with Crippen molar-refractivity contribution in [2.24, 2.45) is 0 Å². The van der Waals surface area contributed by atoms with Crippen LogP contribution in [0.5, 0.6) is 5.75 Å². The third kappa shape index (κ3) is 3.09. The van der Waals surface area contributed by atoms with E-state index in [-0.39, 0.29) is 13.2 Å². The fourth-order valence-electron chi connectivity index (χ4n) is 1.75. The lowest BCUT2D eigenvalue weighted by Gasteiger charge is -2.14. The summed E-state index contributed by atoms with van der Waals surface area (Å²) < 4.78 is 5.10. The Morgan fingerprint density at radius 1 is 1.19 bits per heavy atom. The van der Waals surface area contributed by atoms with Crippen molar-refractivity contribution in [2.45, 2.75) is 40.5 Å². The van der Waals surface area contributed by atoms with Crippen molar-refractivity contribution in [2.75, 3.05) is 7.11 Å². The lowest BCUT2D eigenvalue weighted by Crippen LogP contribution is -2.10. The summed E-state index contributed by atoms with van der Waals surface area (Å²) in [5, 5.41) is 0. The molecule has 0 unspecified atom stereocenters. The first-order valence-electron chi connectivity index (χ1n) is 5.51. The summed E-state index contributed by atoms with van der Waals surface area (Å²) in [5.41, 5.74) is 2.02. The number of hydrogen-bond donors (Lipinski definition) is 0. The molecule has 2 heteroatoms. The zero-order valence-corrected chi connectivity index (χ0v) is 9.67. The van der Waals surface area contributed by atoms with E-state index in [1.54, 1.807) is 7.11 Å². The summed E-state index contributed by atoms with van der Waals surface area (Å²) >= 11 is 0. The first-order chi connectivity index (χ1) is 7.31. The molecule has 0 radical (unpaired) electrons. The first kappa shape index (κ1) is 14.7. The molecule has 1 aromatic carbocycles. The molecule has 0 saturated heterocycles. The van der Waals surface area contributed by atoms with E-state index in [1.165, 1.54) is 0 Å². The van der Waals surface area contributed by atoms with Crippen molar-refractivity contribution in [3.63, 3.8) is 0 Å². The van der Waals surface area contributed by atoms with E-state index >= 15 is 0 Å². The number of methoxy groups -OCH3 is 1. The highest BCUT2D eigenvalue weighted by atomic mass is 16.5. The van der Waals surface area contributed by atoms with Crippen molar-refractivity contribution in [3.05, 3.63) is 29.3 Å². The summed E-state index contributed by atoms with van der Waals surface area (Å²) in [6.07, 6.45) is 2.66. The van der Waals surface area contributed by atoms with Gasteiger partial charge in [-0.1, -0.05) is 21.3 Å². The highest BCUT2D eigenvalue weighted by Crippen LogP contribution is 2.24. The van der Waals surface area contributed by atoms with Gasteiger partial charge in [-0.05, 0) is 36.6 Å². The van der Waals surface area contributed by atoms with Gasteiger partial charge < -0.3 is 4.74 Å². The fraction of sp³-hybridized carbons (Fsp3) is 0.500. The average molecular weight is 222 g/mol. The summed E-state index contributed by atoms with van der Waals surface area (Å²) in [6.45, 7) is 4.00. The predicted molar refractivity (Wildman–Crippen MR) is 68.3 cm³/mol. The maximum Gasteiger partial charge on any atom is 0.163 e. The fourth-order valence-corrected chi connectivity index (χ4v) is 1.75. The maximum atomic E-state index is 11.4. The van der Waals surface area contributed by atoms with Gasteiger partial charge in [-0.25, -0.2) is 0 Å². The number of carbonyl (C=O) groups excluding carboxylic acids is 1. The number of benzene rings is 1. The van der Waals surface area contributed by atoms with E-state index in [9.17, 15) is 4.79 Å². The Labute approximate surface area is 98.6 Å². The molecule has 90 valence electrons. The minimum absolute atomic E-state index is 0. The highest BCUT2D eigenvalue weighted by molar-refractivity contribution is 5.98. The number of carbonyl (C=O) groups is 1. The molecule has 0 heterocycles. The van der Waals surface area contributed by atoms with Gasteiger partial charge in [-0.15, -0.1) is 0 Å². The molecule has 0 fully saturated rings. The van der Waals surface area contributed by atoms with Crippen LogP contribution in [0.15, 0.2) is 18.2 Å². The lowest BCUT2D eigenvalue weighted by molar-refractivity contribution is 0.0972. The quantitative estimate of drug-likeness (QED) is 0.721. The molecule has 1 aliphatic rings. The predicted octanol–water partition coefficient (Wildman–Crippen LogP) is 3.88. The van der Waals surface area contributed by atoms with Crippen LogP contribution in [-0.2, 0) is 6.42 Å². The Kier molecular flexibility index (Phi) is 6.47. The van der Waals surface area contributed by atoms with Gasteiger partial charge in [0.05, 0.1) is 7.11 Å². The van der Waals surface area contributed by atoms with Crippen LogP contribution in [0.25, 0.3) is 0 Å². The van der Waals surface area contributed by atoms with Crippen molar-refractivity contribution >= 4 is 5.78 Å². The molecule has 0 N–H and O–H groups in total. The number of rotatable bonds is 1. The van der Waals surface area contributed by atoms with Gasteiger partial charge in [0.1, 0.15) is 5.75 Å². The molecule has 0 saturated carbocycles. The summed E-state index contributed by atoms with van der Waals surface area (Å²) in [7, 11) is 1.65. The highest BCUT2D eigenvalue weighted by Gasteiger charge is 2.16. The van der Waals surface area contributed by atoms with E-state index in [1.807, 2.05) is 32.0 Å². The van der Waals surface area contributed by atoms with E-state index < -0.39 is 0 Å². The molecule has 1 aromatic rings. The van der Waals surface area contributed by atoms with Crippen LogP contribution < -0.4 is 4.74 Å². The van der Waals surface area contributed by atoms with Crippen molar-refractivity contribution in [3.8, 4) is 5.75 Å². The number of ether oxygens (including phenoxy) is 1. The van der Waals surface area contributed by atoms with Gasteiger partial charge in [-0.2, -0.15) is 0 Å². The topological polar surface area (TPSA) is 26.3 Å². The summed E-state index contributed by atoms with van der Waals surface area (Å²) in [6, 6.07) is 5.68. The van der Waals surface area contributed by atoms with Crippen LogP contribution in [0.3, 0.4) is 0 Å². The summed E-state index contributed by atoms with van der Waals surface area (Å²) in [5.74, 6) is 1.11. The van der Waals surface area contributed by atoms with Crippen LogP contribution >= 0.6 is 0 Å². The zero-order chi connectivity index (χ0) is 11.3. The Balaban J connectivity index is 0.000000711. The molecule has 0 aromatic heterocycles. The zero-order valence-electron chi connectivity index (χ0n) is 9.67. The standard InChI is InChI=1S/C11H12O2.C2H6.CH4/c1-13-9-5-6-10-8(7-9)3-2-4-11(10)12;1-2;/h5-7H,2-4H2,1H3;1-2H3;1H4. The minimum atomic E-state index is 0. The molecule has 2 rings (SSSR count). The molecular weight excluding hydrogens is 200 g/mol. The number of Topliss-reactive ketones (excluding diaryl/α,β-unsaturated/α-hetero) is 1. The molecule has 1 aliphatic carbocycles. The van der Waals surface area contributed by atoms with Gasteiger partial charge in [0.15, 0.2) is 5.78 Å². The van der Waals surface area contributed by atoms with Crippen molar-refractivity contribution in [1.82, 2.24) is 0 Å². The van der Waals surface area contributed by atoms with E-state index in [4.69, 9.17) is 4.74 Å². The molecule has 2 nitrogen and oxygen atoms in total. The van der Waals surface area contributed by atoms with Crippen LogP contribution in [0.2, 0.25) is 0 Å². The number of aryl methyl sites for hydroxylation is 1. The second-order valence-corrected chi connectivity index (χ2v) is 3.30. The number of fused-ring (bicyclic) bond motifs is 1. The van der Waals surface area contributed by atoms with E-state index in [2.05, 4.69) is 0 Å².